The maximum Gasteiger partial charge on any atom is 0.225 e. The van der Waals surface area contributed by atoms with Crippen molar-refractivity contribution in [2.75, 3.05) is 13.2 Å². The van der Waals surface area contributed by atoms with Gasteiger partial charge in [-0.05, 0) is 35.9 Å². The molecule has 0 saturated carbocycles. The number of aromatic nitrogens is 4. The standard InChI is InChI=1S/C14H13ClN4OS/c15-14-17-11(10-2-1-7-21-10)12-13(18-14)19(8-16-12)9-3-5-20-6-4-9/h1-2,7-9H,3-6H2. The van der Waals surface area contributed by atoms with E-state index in [1.807, 2.05) is 23.8 Å². The van der Waals surface area contributed by atoms with E-state index >= 15 is 0 Å². The highest BCUT2D eigenvalue weighted by molar-refractivity contribution is 7.13. The van der Waals surface area contributed by atoms with Crippen molar-refractivity contribution >= 4 is 34.1 Å². The first-order valence-corrected chi connectivity index (χ1v) is 8.10. The molecule has 1 saturated heterocycles. The molecule has 0 aliphatic carbocycles. The van der Waals surface area contributed by atoms with Crippen LogP contribution in [0.4, 0.5) is 0 Å². The van der Waals surface area contributed by atoms with Crippen LogP contribution in [0.25, 0.3) is 21.7 Å². The lowest BCUT2D eigenvalue weighted by Gasteiger charge is -2.23. The Morgan fingerprint density at radius 2 is 2.14 bits per heavy atom. The summed E-state index contributed by atoms with van der Waals surface area (Å²) in [5, 5.41) is 2.28. The molecule has 4 rings (SSSR count). The van der Waals surface area contributed by atoms with Gasteiger partial charge in [-0.2, -0.15) is 4.98 Å². The van der Waals surface area contributed by atoms with Gasteiger partial charge in [0.2, 0.25) is 5.28 Å². The van der Waals surface area contributed by atoms with Crippen molar-refractivity contribution in [2.45, 2.75) is 18.9 Å². The van der Waals surface area contributed by atoms with E-state index in [0.717, 1.165) is 47.8 Å². The minimum Gasteiger partial charge on any atom is -0.381 e. The average molecular weight is 321 g/mol. The van der Waals surface area contributed by atoms with Crippen molar-refractivity contribution in [3.8, 4) is 10.6 Å². The zero-order valence-electron chi connectivity index (χ0n) is 11.2. The van der Waals surface area contributed by atoms with E-state index in [9.17, 15) is 0 Å². The van der Waals surface area contributed by atoms with E-state index in [2.05, 4.69) is 19.5 Å². The third-order valence-electron chi connectivity index (χ3n) is 3.73. The number of fused-ring (bicyclic) bond motifs is 1. The summed E-state index contributed by atoms with van der Waals surface area (Å²) >= 11 is 7.75. The van der Waals surface area contributed by atoms with Gasteiger partial charge in [-0.1, -0.05) is 6.07 Å². The molecule has 1 aliphatic rings. The lowest BCUT2D eigenvalue weighted by atomic mass is 10.1. The molecule has 0 bridgehead atoms. The van der Waals surface area contributed by atoms with E-state index < -0.39 is 0 Å². The van der Waals surface area contributed by atoms with E-state index in [-0.39, 0.29) is 5.28 Å². The summed E-state index contributed by atoms with van der Waals surface area (Å²) in [6.07, 6.45) is 3.80. The Bertz CT molecular complexity index is 765. The molecular formula is C14H13ClN4OS. The maximum absolute atomic E-state index is 6.13. The first kappa shape index (κ1) is 13.2. The number of nitrogens with zero attached hydrogens (tertiary/aromatic N) is 4. The average Bonchev–Trinajstić information content (AvgIpc) is 3.17. The summed E-state index contributed by atoms with van der Waals surface area (Å²) in [4.78, 5) is 14.4. The SMILES string of the molecule is Clc1nc(-c2cccs2)c2ncn(C3CCOCC3)c2n1. The fourth-order valence-corrected chi connectivity index (χ4v) is 3.58. The van der Waals surface area contributed by atoms with Gasteiger partial charge in [0.05, 0.1) is 11.2 Å². The van der Waals surface area contributed by atoms with E-state index in [1.54, 1.807) is 11.3 Å². The number of halogens is 1. The highest BCUT2D eigenvalue weighted by Crippen LogP contribution is 2.32. The fourth-order valence-electron chi connectivity index (χ4n) is 2.71. The molecule has 1 fully saturated rings. The second kappa shape index (κ2) is 5.36. The summed E-state index contributed by atoms with van der Waals surface area (Å²) < 4.78 is 7.54. The monoisotopic (exact) mass is 320 g/mol. The molecule has 3 aromatic rings. The molecule has 0 amide bonds. The highest BCUT2D eigenvalue weighted by atomic mass is 35.5. The molecule has 7 heteroatoms. The summed E-state index contributed by atoms with van der Waals surface area (Å²) in [7, 11) is 0. The van der Waals surface area contributed by atoms with Gasteiger partial charge in [0.15, 0.2) is 5.65 Å². The van der Waals surface area contributed by atoms with Crippen molar-refractivity contribution < 1.29 is 4.74 Å². The Balaban J connectivity index is 1.88. The summed E-state index contributed by atoms with van der Waals surface area (Å²) in [5.41, 5.74) is 2.43. The molecule has 0 unspecified atom stereocenters. The molecule has 0 aromatic carbocycles. The van der Waals surface area contributed by atoms with Crippen LogP contribution >= 0.6 is 22.9 Å². The normalized spacial score (nSPS) is 16.6. The quantitative estimate of drug-likeness (QED) is 0.677. The maximum atomic E-state index is 6.13. The van der Waals surface area contributed by atoms with Crippen LogP contribution in [0.2, 0.25) is 5.28 Å². The Hall–Kier alpha value is -1.50. The zero-order valence-corrected chi connectivity index (χ0v) is 12.8. The molecule has 0 spiro atoms. The van der Waals surface area contributed by atoms with Crippen LogP contribution in [-0.2, 0) is 4.74 Å². The summed E-state index contributed by atoms with van der Waals surface area (Å²) in [6, 6.07) is 4.39. The molecule has 0 atom stereocenters. The number of rotatable bonds is 2. The molecule has 21 heavy (non-hydrogen) atoms. The predicted octanol–water partition coefficient (Wildman–Crippen LogP) is 3.56. The van der Waals surface area contributed by atoms with Crippen LogP contribution in [0.1, 0.15) is 18.9 Å². The third-order valence-corrected chi connectivity index (χ3v) is 4.78. The Morgan fingerprint density at radius 1 is 1.29 bits per heavy atom. The predicted molar refractivity (Wildman–Crippen MR) is 82.7 cm³/mol. The molecule has 1 aliphatic heterocycles. The van der Waals surface area contributed by atoms with Crippen LogP contribution in [-0.4, -0.2) is 32.7 Å². The van der Waals surface area contributed by atoms with Gasteiger partial charge < -0.3 is 9.30 Å². The molecule has 108 valence electrons. The Kier molecular flexibility index (Phi) is 3.37. The molecular weight excluding hydrogens is 308 g/mol. The molecule has 0 N–H and O–H groups in total. The number of imidazole rings is 1. The smallest absolute Gasteiger partial charge is 0.225 e. The first-order chi connectivity index (χ1) is 10.3. The van der Waals surface area contributed by atoms with Gasteiger partial charge in [0.1, 0.15) is 11.2 Å². The summed E-state index contributed by atoms with van der Waals surface area (Å²) in [5.74, 6) is 0. The number of hydrogen-bond donors (Lipinski definition) is 0. The van der Waals surface area contributed by atoms with Gasteiger partial charge >= 0.3 is 0 Å². The molecule has 0 radical (unpaired) electrons. The van der Waals surface area contributed by atoms with Crippen LogP contribution in [0.15, 0.2) is 23.8 Å². The fraction of sp³-hybridized carbons (Fsp3) is 0.357. The minimum absolute atomic E-state index is 0.264. The molecule has 5 nitrogen and oxygen atoms in total. The molecule has 3 aromatic heterocycles. The first-order valence-electron chi connectivity index (χ1n) is 6.84. The van der Waals surface area contributed by atoms with Crippen molar-refractivity contribution in [3.05, 3.63) is 29.1 Å². The topological polar surface area (TPSA) is 52.8 Å². The van der Waals surface area contributed by atoms with Crippen LogP contribution in [0.5, 0.6) is 0 Å². The van der Waals surface area contributed by atoms with Gasteiger partial charge in [-0.15, -0.1) is 11.3 Å². The Morgan fingerprint density at radius 3 is 2.90 bits per heavy atom. The van der Waals surface area contributed by atoms with Crippen molar-refractivity contribution in [3.63, 3.8) is 0 Å². The van der Waals surface area contributed by atoms with Crippen molar-refractivity contribution in [2.24, 2.45) is 0 Å². The van der Waals surface area contributed by atoms with E-state index in [1.165, 1.54) is 0 Å². The van der Waals surface area contributed by atoms with Crippen LogP contribution in [0, 0.1) is 0 Å². The third kappa shape index (κ3) is 2.33. The minimum atomic E-state index is 0.264. The molecule has 4 heterocycles. The van der Waals surface area contributed by atoms with Crippen molar-refractivity contribution in [1.82, 2.24) is 19.5 Å². The lowest BCUT2D eigenvalue weighted by Crippen LogP contribution is -2.19. The zero-order chi connectivity index (χ0) is 14.2. The van der Waals surface area contributed by atoms with Crippen LogP contribution < -0.4 is 0 Å². The Labute approximate surface area is 130 Å². The van der Waals surface area contributed by atoms with Gasteiger partial charge in [0, 0.05) is 19.3 Å². The van der Waals surface area contributed by atoms with E-state index in [0.29, 0.717) is 6.04 Å². The second-order valence-corrected chi connectivity index (χ2v) is 6.27. The largest absolute Gasteiger partial charge is 0.381 e. The van der Waals surface area contributed by atoms with Gasteiger partial charge in [0.25, 0.3) is 0 Å². The van der Waals surface area contributed by atoms with Gasteiger partial charge in [-0.3, -0.25) is 0 Å². The van der Waals surface area contributed by atoms with Crippen LogP contribution in [0.3, 0.4) is 0 Å². The lowest BCUT2D eigenvalue weighted by molar-refractivity contribution is 0.0704. The number of thiophene rings is 1. The number of hydrogen-bond acceptors (Lipinski definition) is 5. The van der Waals surface area contributed by atoms with Gasteiger partial charge in [-0.25, -0.2) is 9.97 Å². The van der Waals surface area contributed by atoms with Crippen molar-refractivity contribution in [1.29, 1.82) is 0 Å². The van der Waals surface area contributed by atoms with E-state index in [4.69, 9.17) is 16.3 Å². The second-order valence-electron chi connectivity index (χ2n) is 4.99. The number of ether oxygens (including phenoxy) is 1. The summed E-state index contributed by atoms with van der Waals surface area (Å²) in [6.45, 7) is 1.56. The highest BCUT2D eigenvalue weighted by Gasteiger charge is 2.21.